The van der Waals surface area contributed by atoms with Crippen LogP contribution in [0.2, 0.25) is 0 Å². The van der Waals surface area contributed by atoms with Gasteiger partial charge in [0, 0.05) is 7.11 Å². The lowest BCUT2D eigenvalue weighted by Gasteiger charge is -1.69. The van der Waals surface area contributed by atoms with E-state index in [0.29, 0.717) is 0 Å². The molecule has 0 aromatic rings. The number of aliphatic hydroxyl groups is 1. The molecule has 0 aliphatic rings. The van der Waals surface area contributed by atoms with E-state index in [1.54, 1.807) is 0 Å². The smallest absolute Gasteiger partial charge is 0.180 e. The highest BCUT2D eigenvalue weighted by molar-refractivity contribution is 6.64. The first-order valence-electron chi connectivity index (χ1n) is 3.07. The maximum atomic E-state index is 7.00. The van der Waals surface area contributed by atoms with E-state index in [9.17, 15) is 0 Å². The van der Waals surface area contributed by atoms with Crippen LogP contribution >= 0.6 is 139 Å². The Labute approximate surface area is 167 Å². The lowest BCUT2D eigenvalue weighted by atomic mass is 11.8. The quantitative estimate of drug-likeness (QED) is 0.334. The summed E-state index contributed by atoms with van der Waals surface area (Å²) < 4.78 is -3.00. The second kappa shape index (κ2) is 32.4. The zero-order valence-corrected chi connectivity index (χ0v) is 17.4. The normalized spacial score (nSPS) is 8.33. The molecule has 13 heteroatoms. The van der Waals surface area contributed by atoms with Gasteiger partial charge in [0.25, 0.3) is 0 Å². The molecule has 0 aromatic carbocycles. The Morgan fingerprint density at radius 2 is 0.389 bits per heavy atom. The SMILES string of the molecule is CO.ClC(Cl)Cl.ClC(Cl)Cl.ClC(Cl)Cl.ClC(Cl)Cl. The van der Waals surface area contributed by atoms with Crippen molar-refractivity contribution in [3.8, 4) is 0 Å². The standard InChI is InChI=1S/4CHCl3.CH4O/c4*2-1(3)4;1-2/h4*1H;2H,1H3. The van der Waals surface area contributed by atoms with Crippen molar-refractivity contribution < 1.29 is 5.11 Å². The van der Waals surface area contributed by atoms with Crippen LogP contribution in [0.5, 0.6) is 0 Å². The van der Waals surface area contributed by atoms with Crippen molar-refractivity contribution in [2.45, 2.75) is 17.2 Å². The van der Waals surface area contributed by atoms with E-state index < -0.39 is 17.2 Å². The molecule has 0 rings (SSSR count). The highest BCUT2D eigenvalue weighted by atomic mass is 35.6. The summed E-state index contributed by atoms with van der Waals surface area (Å²) in [5.74, 6) is 0. The molecule has 18 heavy (non-hydrogen) atoms. The number of halogens is 12. The van der Waals surface area contributed by atoms with Crippen LogP contribution in [0.15, 0.2) is 0 Å². The molecule has 118 valence electrons. The molecule has 0 amide bonds. The van der Waals surface area contributed by atoms with Gasteiger partial charge in [-0.2, -0.15) is 0 Å². The first-order valence-corrected chi connectivity index (χ1v) is 8.30. The van der Waals surface area contributed by atoms with Gasteiger partial charge in [-0.3, -0.25) is 0 Å². The van der Waals surface area contributed by atoms with Gasteiger partial charge in [-0.1, -0.05) is 139 Å². The third kappa shape index (κ3) is 559. The van der Waals surface area contributed by atoms with Gasteiger partial charge < -0.3 is 5.11 Å². The molecule has 0 saturated heterocycles. The van der Waals surface area contributed by atoms with Crippen molar-refractivity contribution in [2.24, 2.45) is 0 Å². The lowest BCUT2D eigenvalue weighted by molar-refractivity contribution is 0.399. The second-order valence-electron chi connectivity index (χ2n) is 0.990. The molecule has 0 bridgehead atoms. The number of hydrogen-bond acceptors (Lipinski definition) is 1. The van der Waals surface area contributed by atoms with Crippen molar-refractivity contribution in [3.05, 3.63) is 0 Å². The summed E-state index contributed by atoms with van der Waals surface area (Å²) >= 11 is 57.7. The van der Waals surface area contributed by atoms with Gasteiger partial charge in [0.2, 0.25) is 0 Å². The monoisotopic (exact) mass is 504 g/mol. The minimum absolute atomic E-state index is 0.750. The predicted molar refractivity (Wildman–Crippen MR) is 93.5 cm³/mol. The van der Waals surface area contributed by atoms with E-state index in [1.807, 2.05) is 0 Å². The summed E-state index contributed by atoms with van der Waals surface area (Å²) in [6.07, 6.45) is 0. The molecule has 1 nitrogen and oxygen atoms in total. The predicted octanol–water partition coefficient (Wildman–Crippen LogP) is 7.55. The Bertz CT molecular complexity index is 63.4. The molecule has 0 radical (unpaired) electrons. The largest absolute Gasteiger partial charge is 0.400 e. The Kier molecular flexibility index (Phi) is 59.7. The van der Waals surface area contributed by atoms with E-state index in [1.165, 1.54) is 0 Å². The highest BCUT2D eigenvalue weighted by Crippen LogP contribution is 2.04. The zero-order chi connectivity index (χ0) is 16.3. The van der Waals surface area contributed by atoms with Crippen molar-refractivity contribution in [1.82, 2.24) is 0 Å². The maximum Gasteiger partial charge on any atom is 0.180 e. The summed E-state index contributed by atoms with van der Waals surface area (Å²) in [6, 6.07) is 0. The van der Waals surface area contributed by atoms with E-state index in [0.717, 1.165) is 7.11 Å². The molecular formula is C5H8Cl12O. The third-order valence-electron chi connectivity index (χ3n) is 0. The first kappa shape index (κ1) is 33.1. The Morgan fingerprint density at radius 1 is 0.389 bits per heavy atom. The average molecular weight is 510 g/mol. The van der Waals surface area contributed by atoms with Crippen LogP contribution in [0.3, 0.4) is 0 Å². The fraction of sp³-hybridized carbons (Fsp3) is 1.00. The second-order valence-corrected chi connectivity index (χ2v) is 8.91. The van der Waals surface area contributed by atoms with E-state index in [2.05, 4.69) is 0 Å². The van der Waals surface area contributed by atoms with Gasteiger partial charge in [-0.25, -0.2) is 0 Å². The Morgan fingerprint density at radius 3 is 0.389 bits per heavy atom. The highest BCUT2D eigenvalue weighted by Gasteiger charge is 1.80. The van der Waals surface area contributed by atoms with Gasteiger partial charge in [0.1, 0.15) is 0 Å². The van der Waals surface area contributed by atoms with Crippen LogP contribution in [0.1, 0.15) is 0 Å². The molecular weight excluding hydrogens is 501 g/mol. The van der Waals surface area contributed by atoms with E-state index >= 15 is 0 Å². The summed E-state index contributed by atoms with van der Waals surface area (Å²) in [5.41, 5.74) is 0. The summed E-state index contributed by atoms with van der Waals surface area (Å²) in [6.45, 7) is 0. The fourth-order valence-electron chi connectivity index (χ4n) is 0. The van der Waals surface area contributed by atoms with Crippen LogP contribution in [-0.2, 0) is 0 Å². The number of alkyl halides is 12. The maximum absolute atomic E-state index is 7.00. The topological polar surface area (TPSA) is 20.2 Å². The van der Waals surface area contributed by atoms with Gasteiger partial charge in [-0.05, 0) is 0 Å². The van der Waals surface area contributed by atoms with Crippen molar-refractivity contribution >= 4 is 139 Å². The van der Waals surface area contributed by atoms with Crippen LogP contribution < -0.4 is 0 Å². The molecule has 0 aliphatic carbocycles. The minimum Gasteiger partial charge on any atom is -0.400 e. The van der Waals surface area contributed by atoms with Crippen LogP contribution in [0.4, 0.5) is 0 Å². The van der Waals surface area contributed by atoms with Gasteiger partial charge in [0.05, 0.1) is 0 Å². The van der Waals surface area contributed by atoms with Gasteiger partial charge in [0.15, 0.2) is 17.2 Å². The molecule has 0 aromatic heterocycles. The Hall–Kier alpha value is 3.44. The molecule has 1 N–H and O–H groups in total. The van der Waals surface area contributed by atoms with Crippen LogP contribution in [-0.4, -0.2) is 29.4 Å². The van der Waals surface area contributed by atoms with Gasteiger partial charge >= 0.3 is 0 Å². The summed E-state index contributed by atoms with van der Waals surface area (Å²) in [4.78, 5) is 0. The average Bonchev–Trinajstić information content (AvgIpc) is 2.01. The van der Waals surface area contributed by atoms with Crippen LogP contribution in [0, 0.1) is 0 Å². The van der Waals surface area contributed by atoms with E-state index in [-0.39, 0.29) is 0 Å². The summed E-state index contributed by atoms with van der Waals surface area (Å²) in [5, 5.41) is 7.00. The zero-order valence-electron chi connectivity index (χ0n) is 8.29. The first-order chi connectivity index (χ1) is 7.93. The Balaban J connectivity index is -0.0000000399. The van der Waals surface area contributed by atoms with Crippen LogP contribution in [0.25, 0.3) is 0 Å². The fourth-order valence-corrected chi connectivity index (χ4v) is 0. The van der Waals surface area contributed by atoms with Crippen molar-refractivity contribution in [1.29, 1.82) is 0 Å². The molecule has 0 aliphatic heterocycles. The molecule has 0 heterocycles. The number of aliphatic hydroxyl groups excluding tert-OH is 1. The van der Waals surface area contributed by atoms with E-state index in [4.69, 9.17) is 144 Å². The van der Waals surface area contributed by atoms with Crippen molar-refractivity contribution in [2.75, 3.05) is 7.11 Å². The molecule has 0 spiro atoms. The molecule has 0 atom stereocenters. The van der Waals surface area contributed by atoms with Gasteiger partial charge in [-0.15, -0.1) is 0 Å². The van der Waals surface area contributed by atoms with Crippen molar-refractivity contribution in [3.63, 3.8) is 0 Å². The summed E-state index contributed by atoms with van der Waals surface area (Å²) in [7, 11) is 1.00. The molecule has 0 fully saturated rings. The minimum atomic E-state index is -0.750. The number of hydrogen-bond donors (Lipinski definition) is 1. The molecule has 0 saturated carbocycles. The number of rotatable bonds is 0. The third-order valence-corrected chi connectivity index (χ3v) is 0. The lowest BCUT2D eigenvalue weighted by Crippen LogP contribution is -1.55. The molecule has 0 unspecified atom stereocenters.